The number of anilines is 1. The molecule has 3 fully saturated rings. The number of rotatable bonds is 4. The van der Waals surface area contributed by atoms with Gasteiger partial charge in [-0.2, -0.15) is 0 Å². The molecule has 2 aromatic heterocycles. The third kappa shape index (κ3) is 3.44. The summed E-state index contributed by atoms with van der Waals surface area (Å²) in [5.74, 6) is 1.71. The van der Waals surface area contributed by atoms with Crippen LogP contribution in [0.3, 0.4) is 0 Å². The zero-order valence-corrected chi connectivity index (χ0v) is 17.8. The van der Waals surface area contributed by atoms with Crippen LogP contribution in [0.1, 0.15) is 47.5 Å². The van der Waals surface area contributed by atoms with Gasteiger partial charge in [0.2, 0.25) is 5.13 Å². The number of hydrogen-bond donors (Lipinski definition) is 1. The molecular weight excluding hydrogens is 388 g/mol. The molecule has 5 rings (SSSR count). The molecule has 2 aromatic rings. The van der Waals surface area contributed by atoms with Crippen molar-refractivity contribution in [1.82, 2.24) is 25.6 Å². The van der Waals surface area contributed by atoms with Crippen LogP contribution in [-0.4, -0.2) is 64.4 Å². The second-order valence-electron chi connectivity index (χ2n) is 8.66. The summed E-state index contributed by atoms with van der Waals surface area (Å²) >= 11 is 1.62. The summed E-state index contributed by atoms with van der Waals surface area (Å²) in [6, 6.07) is 0.966. The van der Waals surface area contributed by atoms with Crippen LogP contribution in [0, 0.1) is 25.7 Å². The number of carbonyl (C=O) groups is 1. The number of aryl methyl sites for hydroxylation is 2. The highest BCUT2D eigenvalue weighted by molar-refractivity contribution is 7.13. The quantitative estimate of drug-likeness (QED) is 0.818. The lowest BCUT2D eigenvalue weighted by Crippen LogP contribution is -2.65. The van der Waals surface area contributed by atoms with Crippen molar-refractivity contribution in [1.29, 1.82) is 0 Å². The SMILES string of the molecule is Cc1noc(C)c1C(=O)NC[C@H]1[C@H]2C[C@@H](CN(c3nncs3)C2)[C@@H]2CCCCN21. The van der Waals surface area contributed by atoms with Crippen molar-refractivity contribution in [3.8, 4) is 0 Å². The number of nitrogens with zero attached hydrogens (tertiary/aromatic N) is 5. The van der Waals surface area contributed by atoms with Gasteiger partial charge in [0, 0.05) is 31.7 Å². The minimum Gasteiger partial charge on any atom is -0.361 e. The topological polar surface area (TPSA) is 87.4 Å². The van der Waals surface area contributed by atoms with Gasteiger partial charge >= 0.3 is 0 Å². The molecule has 3 saturated heterocycles. The zero-order chi connectivity index (χ0) is 20.0. The van der Waals surface area contributed by atoms with Crippen molar-refractivity contribution in [2.75, 3.05) is 31.1 Å². The fraction of sp³-hybridized carbons (Fsp3) is 0.700. The normalized spacial score (nSPS) is 29.5. The lowest BCUT2D eigenvalue weighted by atomic mass is 9.72. The first-order valence-corrected chi connectivity index (χ1v) is 11.5. The Morgan fingerprint density at radius 3 is 2.93 bits per heavy atom. The summed E-state index contributed by atoms with van der Waals surface area (Å²) in [6.07, 6.45) is 5.06. The Morgan fingerprint density at radius 2 is 2.17 bits per heavy atom. The van der Waals surface area contributed by atoms with Crippen LogP contribution >= 0.6 is 11.3 Å². The number of carbonyl (C=O) groups excluding carboxylic acids is 1. The van der Waals surface area contributed by atoms with E-state index in [-0.39, 0.29) is 5.91 Å². The van der Waals surface area contributed by atoms with Crippen molar-refractivity contribution < 1.29 is 9.32 Å². The van der Waals surface area contributed by atoms with Gasteiger partial charge in [0.1, 0.15) is 16.8 Å². The Hall–Kier alpha value is -2.00. The van der Waals surface area contributed by atoms with E-state index in [2.05, 4.69) is 30.5 Å². The third-order valence-electron chi connectivity index (χ3n) is 6.97. The van der Waals surface area contributed by atoms with E-state index in [1.54, 1.807) is 18.3 Å². The number of piperidine rings is 3. The number of hydrogen-bond acceptors (Lipinski definition) is 8. The Morgan fingerprint density at radius 1 is 1.31 bits per heavy atom. The maximum Gasteiger partial charge on any atom is 0.256 e. The van der Waals surface area contributed by atoms with Crippen molar-refractivity contribution >= 4 is 22.4 Å². The van der Waals surface area contributed by atoms with Gasteiger partial charge in [-0.3, -0.25) is 9.69 Å². The smallest absolute Gasteiger partial charge is 0.256 e. The van der Waals surface area contributed by atoms with E-state index in [0.717, 1.165) is 24.8 Å². The van der Waals surface area contributed by atoms with Gasteiger partial charge in [-0.05, 0) is 51.5 Å². The molecule has 0 aliphatic carbocycles. The molecule has 9 heteroatoms. The Balaban J connectivity index is 1.35. The molecule has 8 nitrogen and oxygen atoms in total. The lowest BCUT2D eigenvalue weighted by molar-refractivity contribution is -0.0306. The molecule has 4 atom stereocenters. The van der Waals surface area contributed by atoms with Crippen molar-refractivity contribution in [3.05, 3.63) is 22.5 Å². The summed E-state index contributed by atoms with van der Waals surface area (Å²) in [7, 11) is 0. The molecule has 1 amide bonds. The molecular formula is C20H28N6O2S. The van der Waals surface area contributed by atoms with Gasteiger partial charge in [0.05, 0.1) is 5.69 Å². The van der Waals surface area contributed by atoms with Gasteiger partial charge in [0.25, 0.3) is 5.91 Å². The molecule has 156 valence electrons. The standard InChI is InChI=1S/C20H28N6O2S/c1-12-18(13(2)28-24-12)19(27)21-8-17-15-7-14(16-5-3-4-6-26(16)17)9-25(10-15)20-23-22-11-29-20/h11,14-17H,3-10H2,1-2H3,(H,21,27)/t14-,15-,16-,17-/m0/s1. The highest BCUT2D eigenvalue weighted by Crippen LogP contribution is 2.42. The first kappa shape index (κ1) is 19.0. The maximum absolute atomic E-state index is 12.8. The van der Waals surface area contributed by atoms with Gasteiger partial charge < -0.3 is 14.7 Å². The highest BCUT2D eigenvalue weighted by atomic mass is 32.1. The van der Waals surface area contributed by atoms with Crippen molar-refractivity contribution in [2.45, 2.75) is 51.6 Å². The van der Waals surface area contributed by atoms with Crippen molar-refractivity contribution in [3.63, 3.8) is 0 Å². The first-order valence-electron chi connectivity index (χ1n) is 10.6. The molecule has 0 saturated carbocycles. The molecule has 1 N–H and O–H groups in total. The number of fused-ring (bicyclic) bond motifs is 4. The lowest BCUT2D eigenvalue weighted by Gasteiger charge is -2.56. The maximum atomic E-state index is 12.8. The van der Waals surface area contributed by atoms with Gasteiger partial charge in [0.15, 0.2) is 0 Å². The van der Waals surface area contributed by atoms with E-state index < -0.39 is 0 Å². The fourth-order valence-electron chi connectivity index (χ4n) is 5.74. The van der Waals surface area contributed by atoms with Crippen LogP contribution in [0.25, 0.3) is 0 Å². The summed E-state index contributed by atoms with van der Waals surface area (Å²) < 4.78 is 5.18. The van der Waals surface area contributed by atoms with Crippen molar-refractivity contribution in [2.24, 2.45) is 11.8 Å². The highest BCUT2D eigenvalue weighted by Gasteiger charge is 2.47. The van der Waals surface area contributed by atoms with E-state index in [0.29, 0.717) is 47.5 Å². The predicted molar refractivity (Wildman–Crippen MR) is 110 cm³/mol. The van der Waals surface area contributed by atoms with E-state index in [9.17, 15) is 4.79 Å². The molecule has 0 radical (unpaired) electrons. The van der Waals surface area contributed by atoms with Gasteiger partial charge in [-0.1, -0.05) is 22.9 Å². The summed E-state index contributed by atoms with van der Waals surface area (Å²) in [4.78, 5) is 17.9. The Labute approximate surface area is 174 Å². The summed E-state index contributed by atoms with van der Waals surface area (Å²) in [5.41, 5.74) is 3.04. The fourth-order valence-corrected chi connectivity index (χ4v) is 6.32. The summed E-state index contributed by atoms with van der Waals surface area (Å²) in [6.45, 7) is 7.48. The molecule has 3 aliphatic rings. The van der Waals surface area contributed by atoms with E-state index in [4.69, 9.17) is 4.52 Å². The molecule has 0 unspecified atom stereocenters. The van der Waals surface area contributed by atoms with Gasteiger partial charge in [-0.15, -0.1) is 10.2 Å². The minimum absolute atomic E-state index is 0.0753. The number of aromatic nitrogens is 3. The van der Waals surface area contributed by atoms with Crippen LogP contribution in [0.15, 0.2) is 10.0 Å². The van der Waals surface area contributed by atoms with Crippen LogP contribution in [0.4, 0.5) is 5.13 Å². The molecule has 0 aromatic carbocycles. The van der Waals surface area contributed by atoms with Crippen LogP contribution in [-0.2, 0) is 0 Å². The first-order chi connectivity index (χ1) is 14.1. The minimum atomic E-state index is -0.0753. The van der Waals surface area contributed by atoms with E-state index >= 15 is 0 Å². The van der Waals surface area contributed by atoms with Crippen LogP contribution < -0.4 is 10.2 Å². The number of amides is 1. The second kappa shape index (κ2) is 7.68. The zero-order valence-electron chi connectivity index (χ0n) is 17.0. The van der Waals surface area contributed by atoms with Crippen LogP contribution in [0.2, 0.25) is 0 Å². The molecule has 2 bridgehead atoms. The third-order valence-corrected chi connectivity index (χ3v) is 7.72. The summed E-state index contributed by atoms with van der Waals surface area (Å²) in [5, 5.41) is 16.5. The molecule has 5 heterocycles. The molecule has 29 heavy (non-hydrogen) atoms. The van der Waals surface area contributed by atoms with E-state index in [1.165, 1.54) is 25.7 Å². The second-order valence-corrected chi connectivity index (χ2v) is 9.47. The monoisotopic (exact) mass is 416 g/mol. The van der Waals surface area contributed by atoms with Gasteiger partial charge in [-0.25, -0.2) is 0 Å². The molecule has 3 aliphatic heterocycles. The van der Waals surface area contributed by atoms with E-state index in [1.807, 2.05) is 12.4 Å². The Bertz CT molecular complexity index is 849. The average molecular weight is 417 g/mol. The molecule has 0 spiro atoms. The van der Waals surface area contributed by atoms with Crippen LogP contribution in [0.5, 0.6) is 0 Å². The Kier molecular flexibility index (Phi) is 5.03. The predicted octanol–water partition coefficient (Wildman–Crippen LogP) is 2.25. The average Bonchev–Trinajstić information content (AvgIpc) is 3.38. The number of nitrogens with one attached hydrogen (secondary N) is 1. The largest absolute Gasteiger partial charge is 0.361 e.